The van der Waals surface area contributed by atoms with Gasteiger partial charge in [-0.15, -0.1) is 0 Å². The lowest BCUT2D eigenvalue weighted by atomic mass is 10.2. The predicted molar refractivity (Wildman–Crippen MR) is 74.5 cm³/mol. The number of hydrogen-bond acceptors (Lipinski definition) is 5. The summed E-state index contributed by atoms with van der Waals surface area (Å²) in [5, 5.41) is 0. The largest absolute Gasteiger partial charge is 0.456 e. The summed E-state index contributed by atoms with van der Waals surface area (Å²) in [5.74, 6) is 5.01. The lowest BCUT2D eigenvalue weighted by Gasteiger charge is -2.19. The van der Waals surface area contributed by atoms with Crippen LogP contribution in [0.1, 0.15) is 41.6 Å². The van der Waals surface area contributed by atoms with Crippen LogP contribution in [0.4, 0.5) is 0 Å². The van der Waals surface area contributed by atoms with E-state index in [1.807, 2.05) is 10.3 Å². The molecular weight excluding hydrogens is 260 g/mol. The maximum atomic E-state index is 11.4. The topological polar surface area (TPSA) is 115 Å². The number of amides is 2. The molecule has 0 aromatic carbocycles. The van der Waals surface area contributed by atoms with Crippen molar-refractivity contribution in [1.82, 2.24) is 10.3 Å². The number of carbonyl (C=O) groups excluding carboxylic acids is 2. The number of hydrogen-bond donors (Lipinski definition) is 3. The molecule has 0 aliphatic rings. The molecule has 0 aliphatic heterocycles. The molecule has 7 heteroatoms. The first-order chi connectivity index (χ1) is 9.47. The van der Waals surface area contributed by atoms with Gasteiger partial charge in [-0.05, 0) is 26.0 Å². The Labute approximate surface area is 118 Å². The quantitative estimate of drug-likeness (QED) is 0.360. The maximum absolute atomic E-state index is 11.4. The van der Waals surface area contributed by atoms with Crippen LogP contribution < -0.4 is 17.0 Å². The third-order valence-electron chi connectivity index (χ3n) is 2.98. The van der Waals surface area contributed by atoms with Gasteiger partial charge in [0, 0.05) is 12.1 Å². The van der Waals surface area contributed by atoms with Crippen LogP contribution in [0.2, 0.25) is 0 Å². The Morgan fingerprint density at radius 2 is 2.15 bits per heavy atom. The van der Waals surface area contributed by atoms with Crippen molar-refractivity contribution in [3.05, 3.63) is 23.2 Å². The van der Waals surface area contributed by atoms with E-state index < -0.39 is 5.91 Å². The smallest absolute Gasteiger partial charge is 0.300 e. The Hall–Kier alpha value is -1.86. The van der Waals surface area contributed by atoms with Gasteiger partial charge in [-0.3, -0.25) is 19.9 Å². The fraction of sp³-hybridized carbons (Fsp3) is 0.538. The normalized spacial score (nSPS) is 10.8. The summed E-state index contributed by atoms with van der Waals surface area (Å²) in [4.78, 5) is 24.4. The third-order valence-corrected chi connectivity index (χ3v) is 2.98. The van der Waals surface area contributed by atoms with Crippen LogP contribution in [0.15, 0.2) is 10.5 Å². The second kappa shape index (κ2) is 7.66. The van der Waals surface area contributed by atoms with Gasteiger partial charge in [0.2, 0.25) is 5.91 Å². The van der Waals surface area contributed by atoms with E-state index in [0.29, 0.717) is 12.3 Å². The Morgan fingerprint density at radius 3 is 2.70 bits per heavy atom. The van der Waals surface area contributed by atoms with Gasteiger partial charge in [-0.1, -0.05) is 13.3 Å². The lowest BCUT2D eigenvalue weighted by molar-refractivity contribution is -0.119. The number of nitrogens with two attached hydrogens (primary N) is 2. The zero-order valence-electron chi connectivity index (χ0n) is 11.9. The lowest BCUT2D eigenvalue weighted by Crippen LogP contribution is -2.34. The Balaban J connectivity index is 2.78. The molecule has 20 heavy (non-hydrogen) atoms. The van der Waals surface area contributed by atoms with Crippen molar-refractivity contribution in [2.75, 3.05) is 13.1 Å². The molecule has 1 aromatic rings. The standard InChI is InChI=1S/C13H22N4O3/c1-3-4-5-17(8-12(14)18)7-10-6-11(13(19)16-15)20-9(10)2/h6H,3-5,7-8,15H2,1-2H3,(H2,14,18)(H,16,19). The SMILES string of the molecule is CCCCN(CC(N)=O)Cc1cc(C(=O)NN)oc1C. The van der Waals surface area contributed by atoms with Gasteiger partial charge in [0.1, 0.15) is 5.76 Å². The number of carbonyl (C=O) groups is 2. The summed E-state index contributed by atoms with van der Waals surface area (Å²) in [7, 11) is 0. The molecule has 0 spiro atoms. The molecule has 1 heterocycles. The molecule has 0 saturated carbocycles. The van der Waals surface area contributed by atoms with Crippen molar-refractivity contribution < 1.29 is 14.0 Å². The Kier molecular flexibility index (Phi) is 6.20. The van der Waals surface area contributed by atoms with E-state index in [0.717, 1.165) is 24.9 Å². The number of nitrogen functional groups attached to an aromatic ring is 1. The highest BCUT2D eigenvalue weighted by molar-refractivity contribution is 5.91. The van der Waals surface area contributed by atoms with E-state index in [4.69, 9.17) is 16.0 Å². The zero-order valence-corrected chi connectivity index (χ0v) is 11.9. The molecule has 1 aromatic heterocycles. The van der Waals surface area contributed by atoms with E-state index in [1.165, 1.54) is 0 Å². The first-order valence-corrected chi connectivity index (χ1v) is 6.58. The second-order valence-electron chi connectivity index (χ2n) is 4.70. The fourth-order valence-electron chi connectivity index (χ4n) is 1.92. The number of rotatable bonds is 8. The van der Waals surface area contributed by atoms with Gasteiger partial charge in [-0.2, -0.15) is 0 Å². The number of unbranched alkanes of at least 4 members (excludes halogenated alkanes) is 1. The van der Waals surface area contributed by atoms with E-state index in [9.17, 15) is 9.59 Å². The number of primary amides is 1. The minimum atomic E-state index is -0.477. The first kappa shape index (κ1) is 16.2. The molecule has 0 bridgehead atoms. The maximum Gasteiger partial charge on any atom is 0.300 e. The molecule has 0 radical (unpaired) electrons. The Morgan fingerprint density at radius 1 is 1.45 bits per heavy atom. The fourth-order valence-corrected chi connectivity index (χ4v) is 1.92. The number of furan rings is 1. The number of aryl methyl sites for hydroxylation is 1. The number of hydrazine groups is 1. The van der Waals surface area contributed by atoms with Crippen LogP contribution in [0, 0.1) is 6.92 Å². The molecule has 1 rings (SSSR count). The minimum Gasteiger partial charge on any atom is -0.456 e. The van der Waals surface area contributed by atoms with Crippen LogP contribution in [0.25, 0.3) is 0 Å². The second-order valence-corrected chi connectivity index (χ2v) is 4.70. The molecule has 0 saturated heterocycles. The molecule has 0 fully saturated rings. The zero-order chi connectivity index (χ0) is 15.1. The van der Waals surface area contributed by atoms with Crippen molar-refractivity contribution in [2.24, 2.45) is 11.6 Å². The predicted octanol–water partition coefficient (Wildman–Crippen LogP) is 0.279. The number of nitrogens with zero attached hydrogens (tertiary/aromatic N) is 1. The van der Waals surface area contributed by atoms with Gasteiger partial charge < -0.3 is 10.2 Å². The van der Waals surface area contributed by atoms with Crippen molar-refractivity contribution >= 4 is 11.8 Å². The molecule has 5 N–H and O–H groups in total. The van der Waals surface area contributed by atoms with Crippen LogP contribution >= 0.6 is 0 Å². The molecule has 7 nitrogen and oxygen atoms in total. The monoisotopic (exact) mass is 282 g/mol. The highest BCUT2D eigenvalue weighted by atomic mass is 16.4. The van der Waals surface area contributed by atoms with Crippen molar-refractivity contribution in [3.63, 3.8) is 0 Å². The van der Waals surface area contributed by atoms with E-state index in [1.54, 1.807) is 13.0 Å². The average molecular weight is 282 g/mol. The highest BCUT2D eigenvalue weighted by Crippen LogP contribution is 2.17. The highest BCUT2D eigenvalue weighted by Gasteiger charge is 2.16. The first-order valence-electron chi connectivity index (χ1n) is 6.58. The van der Waals surface area contributed by atoms with E-state index >= 15 is 0 Å². The van der Waals surface area contributed by atoms with Crippen LogP contribution in [-0.4, -0.2) is 29.8 Å². The van der Waals surface area contributed by atoms with Gasteiger partial charge in [0.25, 0.3) is 0 Å². The van der Waals surface area contributed by atoms with Crippen LogP contribution in [0.5, 0.6) is 0 Å². The van der Waals surface area contributed by atoms with Crippen LogP contribution in [-0.2, 0) is 11.3 Å². The van der Waals surface area contributed by atoms with Gasteiger partial charge in [-0.25, -0.2) is 5.84 Å². The van der Waals surface area contributed by atoms with Crippen molar-refractivity contribution in [3.8, 4) is 0 Å². The molecule has 0 unspecified atom stereocenters. The number of nitrogens with one attached hydrogen (secondary N) is 1. The van der Waals surface area contributed by atoms with Gasteiger partial charge >= 0.3 is 5.91 Å². The molecular formula is C13H22N4O3. The molecule has 0 aliphatic carbocycles. The molecule has 2 amide bonds. The van der Waals surface area contributed by atoms with E-state index in [2.05, 4.69) is 6.92 Å². The van der Waals surface area contributed by atoms with Gasteiger partial charge in [0.15, 0.2) is 5.76 Å². The minimum absolute atomic E-state index is 0.162. The summed E-state index contributed by atoms with van der Waals surface area (Å²) >= 11 is 0. The van der Waals surface area contributed by atoms with E-state index in [-0.39, 0.29) is 18.2 Å². The summed E-state index contributed by atoms with van der Waals surface area (Å²) in [5.41, 5.74) is 8.12. The van der Waals surface area contributed by atoms with Crippen molar-refractivity contribution in [1.29, 1.82) is 0 Å². The van der Waals surface area contributed by atoms with Gasteiger partial charge in [0.05, 0.1) is 6.54 Å². The molecule has 0 atom stereocenters. The summed E-state index contributed by atoms with van der Waals surface area (Å²) in [6, 6.07) is 1.64. The summed E-state index contributed by atoms with van der Waals surface area (Å²) < 4.78 is 5.34. The Bertz CT molecular complexity index is 470. The van der Waals surface area contributed by atoms with Crippen LogP contribution in [0.3, 0.4) is 0 Å². The summed E-state index contributed by atoms with van der Waals surface area (Å²) in [6.07, 6.45) is 2.00. The molecule has 112 valence electrons. The van der Waals surface area contributed by atoms with Crippen molar-refractivity contribution in [2.45, 2.75) is 33.2 Å². The summed E-state index contributed by atoms with van der Waals surface area (Å²) in [6.45, 7) is 5.31. The third kappa shape index (κ3) is 4.67. The average Bonchev–Trinajstić information content (AvgIpc) is 2.76.